The summed E-state index contributed by atoms with van der Waals surface area (Å²) in [6.07, 6.45) is 6.10. The third-order valence-corrected chi connectivity index (χ3v) is 4.15. The topological polar surface area (TPSA) is 29.1 Å². The number of benzene rings is 1. The van der Waals surface area contributed by atoms with Gasteiger partial charge in [-0.05, 0) is 44.2 Å². The van der Waals surface area contributed by atoms with Crippen molar-refractivity contribution in [2.45, 2.75) is 52.0 Å². The van der Waals surface area contributed by atoms with E-state index in [-0.39, 0.29) is 17.5 Å². The van der Waals surface area contributed by atoms with Gasteiger partial charge in [0, 0.05) is 6.04 Å². The molecule has 104 valence electrons. The second-order valence-corrected chi connectivity index (χ2v) is 5.60. The maximum absolute atomic E-state index is 13.9. The smallest absolute Gasteiger partial charge is 0.254 e. The van der Waals surface area contributed by atoms with Crippen molar-refractivity contribution in [2.75, 3.05) is 0 Å². The molecule has 1 aromatic rings. The first-order valence-electron chi connectivity index (χ1n) is 7.15. The second-order valence-electron chi connectivity index (χ2n) is 5.60. The number of carbonyl (C=O) groups excluding carboxylic acids is 1. The van der Waals surface area contributed by atoms with Gasteiger partial charge in [0.15, 0.2) is 0 Å². The molecule has 1 atom stereocenters. The molecule has 1 aliphatic carbocycles. The molecule has 1 saturated carbocycles. The molecule has 2 nitrogen and oxygen atoms in total. The molecule has 0 radical (unpaired) electrons. The Bertz CT molecular complexity index is 452. The molecule has 0 saturated heterocycles. The van der Waals surface area contributed by atoms with Crippen LogP contribution in [0.2, 0.25) is 0 Å². The molecule has 1 amide bonds. The van der Waals surface area contributed by atoms with Crippen LogP contribution in [-0.2, 0) is 0 Å². The lowest BCUT2D eigenvalue weighted by molar-refractivity contribution is 0.0915. The fourth-order valence-corrected chi connectivity index (χ4v) is 2.86. The lowest BCUT2D eigenvalue weighted by Gasteiger charge is -2.28. The summed E-state index contributed by atoms with van der Waals surface area (Å²) < 4.78 is 13.9. The number of aryl methyl sites for hydroxylation is 1. The number of rotatable bonds is 3. The van der Waals surface area contributed by atoms with Crippen LogP contribution >= 0.6 is 0 Å². The summed E-state index contributed by atoms with van der Waals surface area (Å²) >= 11 is 0. The number of nitrogens with one attached hydrogen (secondary N) is 1. The summed E-state index contributed by atoms with van der Waals surface area (Å²) in [6, 6.07) is 5.06. The molecule has 1 aromatic carbocycles. The molecule has 0 spiro atoms. The van der Waals surface area contributed by atoms with Gasteiger partial charge in [-0.25, -0.2) is 4.39 Å². The fourth-order valence-electron chi connectivity index (χ4n) is 2.86. The first-order valence-corrected chi connectivity index (χ1v) is 7.15. The Labute approximate surface area is 114 Å². The maximum atomic E-state index is 13.9. The first kappa shape index (κ1) is 14.0. The van der Waals surface area contributed by atoms with Crippen LogP contribution in [0.1, 0.15) is 54.9 Å². The van der Waals surface area contributed by atoms with Crippen LogP contribution in [0.3, 0.4) is 0 Å². The molecule has 1 aliphatic rings. The van der Waals surface area contributed by atoms with Gasteiger partial charge in [0.05, 0.1) is 5.56 Å². The highest BCUT2D eigenvalue weighted by atomic mass is 19.1. The number of halogens is 1. The van der Waals surface area contributed by atoms with Crippen molar-refractivity contribution in [1.29, 1.82) is 0 Å². The van der Waals surface area contributed by atoms with Gasteiger partial charge in [-0.3, -0.25) is 4.79 Å². The SMILES string of the molecule is Cc1cccc(C(=O)NC(C)C2CCCCC2)c1F. The molecule has 0 heterocycles. The maximum Gasteiger partial charge on any atom is 0.254 e. The van der Waals surface area contributed by atoms with Crippen molar-refractivity contribution in [2.24, 2.45) is 5.92 Å². The predicted molar refractivity (Wildman–Crippen MR) is 74.6 cm³/mol. The van der Waals surface area contributed by atoms with Gasteiger partial charge in [0.25, 0.3) is 5.91 Å². The van der Waals surface area contributed by atoms with E-state index in [4.69, 9.17) is 0 Å². The first-order chi connectivity index (χ1) is 9.09. The monoisotopic (exact) mass is 263 g/mol. The van der Waals surface area contributed by atoms with E-state index in [2.05, 4.69) is 5.32 Å². The second kappa shape index (κ2) is 6.18. The van der Waals surface area contributed by atoms with Crippen molar-refractivity contribution in [3.8, 4) is 0 Å². The Morgan fingerprint density at radius 1 is 1.32 bits per heavy atom. The van der Waals surface area contributed by atoms with Crippen molar-refractivity contribution in [1.82, 2.24) is 5.32 Å². The molecule has 3 heteroatoms. The zero-order valence-electron chi connectivity index (χ0n) is 11.7. The van der Waals surface area contributed by atoms with Gasteiger partial charge in [-0.2, -0.15) is 0 Å². The molecule has 2 rings (SSSR count). The largest absolute Gasteiger partial charge is 0.349 e. The van der Waals surface area contributed by atoms with E-state index in [1.165, 1.54) is 19.3 Å². The van der Waals surface area contributed by atoms with Gasteiger partial charge in [0.1, 0.15) is 5.82 Å². The van der Waals surface area contributed by atoms with Gasteiger partial charge in [0.2, 0.25) is 0 Å². The van der Waals surface area contributed by atoms with Crippen LogP contribution in [-0.4, -0.2) is 11.9 Å². The quantitative estimate of drug-likeness (QED) is 0.882. The summed E-state index contributed by atoms with van der Waals surface area (Å²) in [4.78, 5) is 12.1. The van der Waals surface area contributed by atoms with Crippen molar-refractivity contribution < 1.29 is 9.18 Å². The molecule has 0 bridgehead atoms. The number of hydrogen-bond acceptors (Lipinski definition) is 1. The molecule has 1 fully saturated rings. The normalized spacial score (nSPS) is 18.1. The van der Waals surface area contributed by atoms with E-state index >= 15 is 0 Å². The van der Waals surface area contributed by atoms with E-state index in [1.54, 1.807) is 25.1 Å². The minimum atomic E-state index is -0.407. The summed E-state index contributed by atoms with van der Waals surface area (Å²) in [5, 5.41) is 2.96. The molecule has 19 heavy (non-hydrogen) atoms. The number of hydrogen-bond donors (Lipinski definition) is 1. The minimum absolute atomic E-state index is 0.118. The van der Waals surface area contributed by atoms with Crippen LogP contribution in [0.4, 0.5) is 4.39 Å². The fraction of sp³-hybridized carbons (Fsp3) is 0.562. The Hall–Kier alpha value is -1.38. The zero-order chi connectivity index (χ0) is 13.8. The van der Waals surface area contributed by atoms with E-state index in [0.29, 0.717) is 11.5 Å². The van der Waals surface area contributed by atoms with Crippen LogP contribution in [0.5, 0.6) is 0 Å². The number of amides is 1. The van der Waals surface area contributed by atoms with Gasteiger partial charge in [-0.1, -0.05) is 31.4 Å². The molecule has 1 unspecified atom stereocenters. The predicted octanol–water partition coefficient (Wildman–Crippen LogP) is 3.83. The van der Waals surface area contributed by atoms with Gasteiger partial charge < -0.3 is 5.32 Å². The summed E-state index contributed by atoms with van der Waals surface area (Å²) in [5.41, 5.74) is 0.667. The number of carbonyl (C=O) groups is 1. The third kappa shape index (κ3) is 3.34. The van der Waals surface area contributed by atoms with Crippen LogP contribution < -0.4 is 5.32 Å². The van der Waals surface area contributed by atoms with Gasteiger partial charge >= 0.3 is 0 Å². The lowest BCUT2D eigenvalue weighted by Crippen LogP contribution is -2.39. The highest BCUT2D eigenvalue weighted by Gasteiger charge is 2.23. The highest BCUT2D eigenvalue weighted by molar-refractivity contribution is 5.94. The average Bonchev–Trinajstić information content (AvgIpc) is 2.42. The van der Waals surface area contributed by atoms with Crippen molar-refractivity contribution >= 4 is 5.91 Å². The van der Waals surface area contributed by atoms with Gasteiger partial charge in [-0.15, -0.1) is 0 Å². The molecular weight excluding hydrogens is 241 g/mol. The lowest BCUT2D eigenvalue weighted by atomic mass is 9.84. The minimum Gasteiger partial charge on any atom is -0.349 e. The Kier molecular flexibility index (Phi) is 4.56. The third-order valence-electron chi connectivity index (χ3n) is 4.15. The van der Waals surface area contributed by atoms with Crippen LogP contribution in [0, 0.1) is 18.7 Å². The Morgan fingerprint density at radius 3 is 2.68 bits per heavy atom. The van der Waals surface area contributed by atoms with Crippen molar-refractivity contribution in [3.63, 3.8) is 0 Å². The highest BCUT2D eigenvalue weighted by Crippen LogP contribution is 2.26. The Morgan fingerprint density at radius 2 is 2.00 bits per heavy atom. The summed E-state index contributed by atoms with van der Waals surface area (Å²) in [5.74, 6) is -0.166. The molecule has 0 aromatic heterocycles. The summed E-state index contributed by atoms with van der Waals surface area (Å²) in [6.45, 7) is 3.71. The van der Waals surface area contributed by atoms with Crippen molar-refractivity contribution in [3.05, 3.63) is 35.1 Å². The van der Waals surface area contributed by atoms with E-state index in [9.17, 15) is 9.18 Å². The van der Waals surface area contributed by atoms with Crippen LogP contribution in [0.25, 0.3) is 0 Å². The van der Waals surface area contributed by atoms with Crippen LogP contribution in [0.15, 0.2) is 18.2 Å². The molecule has 0 aliphatic heterocycles. The zero-order valence-corrected chi connectivity index (χ0v) is 11.7. The van der Waals surface area contributed by atoms with E-state index < -0.39 is 5.82 Å². The molecule has 1 N–H and O–H groups in total. The summed E-state index contributed by atoms with van der Waals surface area (Å²) in [7, 11) is 0. The standard InChI is InChI=1S/C16H22FNO/c1-11-7-6-10-14(15(11)17)16(19)18-12(2)13-8-4-3-5-9-13/h6-7,10,12-13H,3-5,8-9H2,1-2H3,(H,18,19). The average molecular weight is 263 g/mol. The Balaban J connectivity index is 2.02. The molecular formula is C16H22FNO. The van der Waals surface area contributed by atoms with E-state index in [1.807, 2.05) is 6.92 Å². The van der Waals surface area contributed by atoms with E-state index in [0.717, 1.165) is 12.8 Å².